The van der Waals surface area contributed by atoms with Crippen LogP contribution in [0.15, 0.2) is 78.9 Å². The molecule has 3 aromatic rings. The van der Waals surface area contributed by atoms with Gasteiger partial charge in [-0.15, -0.1) is 0 Å². The Morgan fingerprint density at radius 3 is 2.40 bits per heavy atom. The van der Waals surface area contributed by atoms with E-state index in [9.17, 15) is 10.1 Å². The maximum Gasteiger partial charge on any atom is 0.177 e. The van der Waals surface area contributed by atoms with Crippen LogP contribution in [0.1, 0.15) is 39.9 Å². The van der Waals surface area contributed by atoms with Gasteiger partial charge in [-0.1, -0.05) is 78.4 Å². The van der Waals surface area contributed by atoms with Crippen LogP contribution in [-0.2, 0) is 0 Å². The number of carbonyl (C=O) groups excluding carboxylic acids is 1. The van der Waals surface area contributed by atoms with Crippen molar-refractivity contribution in [1.82, 2.24) is 0 Å². The fraction of sp³-hybridized carbons (Fsp3) is 0.160. The quantitative estimate of drug-likeness (QED) is 0.472. The summed E-state index contributed by atoms with van der Waals surface area (Å²) in [4.78, 5) is 16.5. The number of hydrogen-bond acceptors (Lipinski definition) is 3. The Morgan fingerprint density at radius 2 is 1.70 bits per heavy atom. The lowest BCUT2D eigenvalue weighted by Gasteiger charge is -2.34. The van der Waals surface area contributed by atoms with Crippen LogP contribution in [0.5, 0.6) is 0 Å². The second-order valence-electron chi connectivity index (χ2n) is 7.73. The third kappa shape index (κ3) is 2.56. The van der Waals surface area contributed by atoms with Gasteiger partial charge in [0.25, 0.3) is 0 Å². The van der Waals surface area contributed by atoms with Gasteiger partial charge in [-0.3, -0.25) is 4.79 Å². The average Bonchev–Trinajstić information content (AvgIpc) is 3.05. The Balaban J connectivity index is 1.75. The van der Waals surface area contributed by atoms with Crippen molar-refractivity contribution in [3.05, 3.63) is 101 Å². The molecule has 5 rings (SSSR count). The van der Waals surface area contributed by atoms with Crippen molar-refractivity contribution in [2.45, 2.75) is 18.4 Å². The number of halogens is 1. The molecule has 3 aromatic carbocycles. The number of thiocarbonyl (C=S) groups is 1. The molecular formula is C25H17ClN2OS. The molecule has 0 amide bonds. The van der Waals surface area contributed by atoms with Crippen LogP contribution in [0.3, 0.4) is 0 Å². The van der Waals surface area contributed by atoms with Crippen LogP contribution in [0.4, 0.5) is 5.69 Å². The standard InChI is InChI=1S/C25H17ClN2OS/c26-17-12-10-16(11-13-17)21(15-27)25-14-22(19-8-4-5-9-20(19)23(25)29)28(24(25)30)18-6-2-1-3-7-18/h1-13,21-22H,14H2/t21-,22+,25+/m1/s1. The molecule has 30 heavy (non-hydrogen) atoms. The third-order valence-electron chi connectivity index (χ3n) is 6.26. The molecule has 146 valence electrons. The minimum absolute atomic E-state index is 0.0701. The van der Waals surface area contributed by atoms with Crippen molar-refractivity contribution in [3.8, 4) is 6.07 Å². The van der Waals surface area contributed by atoms with Crippen LogP contribution in [-0.4, -0.2) is 10.8 Å². The molecule has 0 spiro atoms. The summed E-state index contributed by atoms with van der Waals surface area (Å²) in [5.41, 5.74) is 2.22. The fourth-order valence-electron chi connectivity index (χ4n) is 4.90. The minimum atomic E-state index is -1.09. The average molecular weight is 429 g/mol. The normalized spacial score (nSPS) is 23.1. The molecule has 2 aliphatic rings. The summed E-state index contributed by atoms with van der Waals surface area (Å²) in [5, 5.41) is 10.8. The number of hydrogen-bond donors (Lipinski definition) is 0. The number of fused-ring (bicyclic) bond motifs is 4. The topological polar surface area (TPSA) is 44.1 Å². The number of Topliss-reactive ketones (excluding diaryl/α,β-unsaturated/α-hetero) is 1. The van der Waals surface area contributed by atoms with Crippen LogP contribution >= 0.6 is 23.8 Å². The van der Waals surface area contributed by atoms with E-state index < -0.39 is 11.3 Å². The highest BCUT2D eigenvalue weighted by Gasteiger charge is 2.62. The zero-order valence-electron chi connectivity index (χ0n) is 16.0. The lowest BCUT2D eigenvalue weighted by Crippen LogP contribution is -2.43. The highest BCUT2D eigenvalue weighted by Crippen LogP contribution is 2.59. The summed E-state index contributed by atoms with van der Waals surface area (Å²) >= 11 is 12.1. The molecule has 1 heterocycles. The molecule has 5 heteroatoms. The van der Waals surface area contributed by atoms with E-state index >= 15 is 0 Å². The van der Waals surface area contributed by atoms with E-state index in [-0.39, 0.29) is 11.8 Å². The van der Waals surface area contributed by atoms with Crippen molar-refractivity contribution in [2.75, 3.05) is 4.90 Å². The second kappa shape index (κ2) is 7.05. The molecule has 0 N–H and O–H groups in total. The first-order valence-corrected chi connectivity index (χ1v) is 10.5. The van der Waals surface area contributed by atoms with Gasteiger partial charge in [-0.05, 0) is 41.8 Å². The first kappa shape index (κ1) is 19.0. The lowest BCUT2D eigenvalue weighted by molar-refractivity contribution is 0.0843. The molecule has 1 aliphatic carbocycles. The first-order chi connectivity index (χ1) is 14.6. The van der Waals surface area contributed by atoms with Gasteiger partial charge in [-0.25, -0.2) is 0 Å². The van der Waals surface area contributed by atoms with Crippen molar-refractivity contribution in [1.29, 1.82) is 5.26 Å². The highest BCUT2D eigenvalue weighted by molar-refractivity contribution is 7.80. The number of carbonyl (C=O) groups is 1. The van der Waals surface area contributed by atoms with Gasteiger partial charge >= 0.3 is 0 Å². The smallest absolute Gasteiger partial charge is 0.177 e. The van der Waals surface area contributed by atoms with E-state index in [0.29, 0.717) is 22.0 Å². The van der Waals surface area contributed by atoms with E-state index in [0.717, 1.165) is 16.8 Å². The molecule has 1 aliphatic heterocycles. The zero-order valence-corrected chi connectivity index (χ0v) is 17.5. The Labute approximate surface area is 185 Å². The Hall–Kier alpha value is -3.00. The van der Waals surface area contributed by atoms with E-state index in [2.05, 4.69) is 11.0 Å². The number of nitriles is 1. The molecule has 0 unspecified atom stereocenters. The van der Waals surface area contributed by atoms with Gasteiger partial charge < -0.3 is 4.90 Å². The number of benzene rings is 3. The molecule has 1 saturated heterocycles. The fourth-order valence-corrected chi connectivity index (χ4v) is 5.55. The van der Waals surface area contributed by atoms with Gasteiger partial charge in [0.15, 0.2) is 5.78 Å². The maximum absolute atomic E-state index is 13.9. The van der Waals surface area contributed by atoms with Gasteiger partial charge in [-0.2, -0.15) is 5.26 Å². The molecule has 1 fully saturated rings. The third-order valence-corrected chi connectivity index (χ3v) is 7.07. The Morgan fingerprint density at radius 1 is 1.03 bits per heavy atom. The number of para-hydroxylation sites is 1. The van der Waals surface area contributed by atoms with Gasteiger partial charge in [0.2, 0.25) is 0 Å². The largest absolute Gasteiger partial charge is 0.328 e. The highest BCUT2D eigenvalue weighted by atomic mass is 35.5. The van der Waals surface area contributed by atoms with Crippen molar-refractivity contribution in [3.63, 3.8) is 0 Å². The molecule has 3 atom stereocenters. The summed E-state index contributed by atoms with van der Waals surface area (Å²) < 4.78 is 0. The van der Waals surface area contributed by atoms with Crippen LogP contribution in [0, 0.1) is 16.7 Å². The van der Waals surface area contributed by atoms with Crippen LogP contribution in [0.25, 0.3) is 0 Å². The number of rotatable bonds is 3. The zero-order chi connectivity index (χ0) is 20.9. The molecular weight excluding hydrogens is 412 g/mol. The van der Waals surface area contributed by atoms with E-state index in [1.807, 2.05) is 66.7 Å². The van der Waals surface area contributed by atoms with Gasteiger partial charge in [0.05, 0.1) is 23.0 Å². The van der Waals surface area contributed by atoms with Crippen LogP contribution < -0.4 is 4.90 Å². The lowest BCUT2D eigenvalue weighted by atomic mass is 9.63. The predicted octanol–water partition coefficient (Wildman–Crippen LogP) is 6.11. The van der Waals surface area contributed by atoms with E-state index in [1.54, 1.807) is 12.1 Å². The van der Waals surface area contributed by atoms with Crippen molar-refractivity contribution < 1.29 is 4.79 Å². The number of ketones is 1. The predicted molar refractivity (Wildman–Crippen MR) is 122 cm³/mol. The SMILES string of the molecule is N#C[C@H](c1ccc(Cl)cc1)[C@@]12C[C@@H](c3ccccc3C1=O)N(c1ccccc1)C2=S. The van der Waals surface area contributed by atoms with Crippen LogP contribution in [0.2, 0.25) is 5.02 Å². The maximum atomic E-state index is 13.9. The summed E-state index contributed by atoms with van der Waals surface area (Å²) in [6, 6.07) is 27.0. The van der Waals surface area contributed by atoms with Crippen molar-refractivity contribution >= 4 is 40.3 Å². The Bertz CT molecular complexity index is 1200. The molecule has 3 nitrogen and oxygen atoms in total. The summed E-state index contributed by atoms with van der Waals surface area (Å²) in [7, 11) is 0. The monoisotopic (exact) mass is 428 g/mol. The minimum Gasteiger partial charge on any atom is -0.328 e. The molecule has 2 bridgehead atoms. The van der Waals surface area contributed by atoms with Crippen molar-refractivity contribution in [2.24, 2.45) is 5.41 Å². The molecule has 0 radical (unpaired) electrons. The summed E-state index contributed by atoms with van der Waals surface area (Å²) in [5.74, 6) is -0.765. The van der Waals surface area contributed by atoms with Gasteiger partial charge in [0, 0.05) is 16.3 Å². The molecule has 0 aromatic heterocycles. The Kier molecular flexibility index (Phi) is 4.47. The first-order valence-electron chi connectivity index (χ1n) is 9.75. The number of anilines is 1. The second-order valence-corrected chi connectivity index (χ2v) is 8.56. The van der Waals surface area contributed by atoms with E-state index in [4.69, 9.17) is 23.8 Å². The summed E-state index contributed by atoms with van der Waals surface area (Å²) in [6.45, 7) is 0. The summed E-state index contributed by atoms with van der Waals surface area (Å²) in [6.07, 6.45) is 0.484. The molecule has 0 saturated carbocycles. The number of nitrogens with zero attached hydrogens (tertiary/aromatic N) is 2. The van der Waals surface area contributed by atoms with Gasteiger partial charge in [0.1, 0.15) is 5.41 Å². The van der Waals surface area contributed by atoms with E-state index in [1.165, 1.54) is 0 Å².